The minimum absolute atomic E-state index is 0.425. The van der Waals surface area contributed by atoms with Gasteiger partial charge in [-0.3, -0.25) is 0 Å². The second kappa shape index (κ2) is 24.9. The highest BCUT2D eigenvalue weighted by Crippen LogP contribution is 2.56. The smallest absolute Gasteiger partial charge is 0.198 e. The van der Waals surface area contributed by atoms with E-state index >= 15 is 0 Å². The number of nitrogens with zero attached hydrogens (tertiary/aromatic N) is 2. The van der Waals surface area contributed by atoms with Gasteiger partial charge < -0.3 is 48.3 Å². The van der Waals surface area contributed by atoms with Crippen LogP contribution in [0.15, 0.2) is 243 Å². The molecule has 3 aromatic heterocycles. The number of methoxy groups -OCH3 is 4. The first kappa shape index (κ1) is 61.0. The van der Waals surface area contributed by atoms with Gasteiger partial charge in [-0.05, 0) is 140 Å². The lowest BCUT2D eigenvalue weighted by molar-refractivity contribution is 0.349. The van der Waals surface area contributed by atoms with Gasteiger partial charge in [0.1, 0.15) is 0 Å². The molecule has 7 heterocycles. The zero-order valence-corrected chi connectivity index (χ0v) is 56.6. The Labute approximate surface area is 595 Å². The number of anilines is 4. The molecule has 0 amide bonds. The molecule has 16 nitrogen and oxygen atoms in total. The van der Waals surface area contributed by atoms with E-state index in [9.17, 15) is 0 Å². The molecule has 0 unspecified atom stereocenters. The van der Waals surface area contributed by atoms with Crippen molar-refractivity contribution in [3.63, 3.8) is 0 Å². The number of rotatable bonds is 4. The lowest BCUT2D eigenvalue weighted by Gasteiger charge is -2.22. The van der Waals surface area contributed by atoms with Gasteiger partial charge in [-0.15, -0.1) is 0 Å². The van der Waals surface area contributed by atoms with Gasteiger partial charge in [0.15, 0.2) is 46.0 Å². The van der Waals surface area contributed by atoms with Crippen LogP contribution in [0.5, 0.6) is 46.0 Å². The summed E-state index contributed by atoms with van der Waals surface area (Å²) in [7, 11) is 6.63. The van der Waals surface area contributed by atoms with E-state index in [0.29, 0.717) is 91.5 Å². The van der Waals surface area contributed by atoms with Crippen molar-refractivity contribution < 1.29 is 38.3 Å². The molecule has 104 heavy (non-hydrogen) atoms. The van der Waals surface area contributed by atoms with Crippen LogP contribution in [0.4, 0.5) is 22.7 Å². The van der Waals surface area contributed by atoms with Gasteiger partial charge in [-0.25, -0.2) is 31.9 Å². The van der Waals surface area contributed by atoms with Crippen LogP contribution in [-0.4, -0.2) is 48.4 Å². The molecule has 16 heteroatoms. The summed E-state index contributed by atoms with van der Waals surface area (Å²) in [5, 5.41) is 7.23. The standard InChI is InChI=1S/C88H62N8O8/c1-97-85-73-45-49-21-5-9-25-53(49)81(85)82-54-26-10-6-22-50(54)46-74(86(82)98-2)102-94-62-34-18-14-30-58(62)78-66-38-37-65(89-66)77(57-29-13-17-33-61(57)93-101-73)69-41-42-70(91-69)79-59-31-15-19-35-63(59)95-103-75-47-51-23-7-11-27-55(51)83(87(75)99-3)84-56-28-12-8-24-52(56)48-76(88(84)100-4)104-96-64-36-20-16-32-60(64)80(68-40-39-67(79)90-68)72-44-43-71(78)92-72/h5-48,91-96H,1-4H3. The number of fused-ring (bicyclic) bond motifs is 34. The van der Waals surface area contributed by atoms with Crippen molar-refractivity contribution >= 4 is 112 Å². The molecule has 0 atom stereocenters. The number of aromatic nitrogens is 4. The average Bonchev–Trinajstić information content (AvgIpc) is 1.04. The molecular formula is C88H62N8O8. The molecule has 15 aromatic rings. The third-order valence-corrected chi connectivity index (χ3v) is 19.8. The summed E-state index contributed by atoms with van der Waals surface area (Å²) in [4.78, 5) is 47.3. The van der Waals surface area contributed by atoms with Crippen molar-refractivity contribution in [2.75, 3.05) is 50.4 Å². The second-order valence-electron chi connectivity index (χ2n) is 25.5. The van der Waals surface area contributed by atoms with E-state index < -0.39 is 0 Å². The minimum Gasteiger partial charge on any atom is -0.492 e. The molecule has 0 aliphatic carbocycles. The first-order valence-corrected chi connectivity index (χ1v) is 34.0. The zero-order valence-electron chi connectivity index (χ0n) is 56.6. The Bertz CT molecular complexity index is 5600. The molecule has 19 rings (SSSR count). The highest BCUT2D eigenvalue weighted by Gasteiger charge is 2.31. The molecule has 0 saturated carbocycles. The van der Waals surface area contributed by atoms with Crippen molar-refractivity contribution in [1.82, 2.24) is 19.9 Å². The molecular weight excluding hydrogens is 1300 g/mol. The summed E-state index contributed by atoms with van der Waals surface area (Å²) in [6.45, 7) is 0. The topological polar surface area (TPSA) is 179 Å². The summed E-state index contributed by atoms with van der Waals surface area (Å²) < 4.78 is 26.2. The van der Waals surface area contributed by atoms with Crippen LogP contribution in [-0.2, 0) is 0 Å². The van der Waals surface area contributed by atoms with Crippen LogP contribution >= 0.6 is 0 Å². The Morgan fingerprint density at radius 3 is 0.712 bits per heavy atom. The summed E-state index contributed by atoms with van der Waals surface area (Å²) in [5.74, 6) is 3.57. The van der Waals surface area contributed by atoms with E-state index in [1.807, 2.05) is 146 Å². The second-order valence-corrected chi connectivity index (χ2v) is 25.5. The molecule has 0 radical (unpaired) electrons. The minimum atomic E-state index is 0.425. The number of ether oxygens (including phenoxy) is 4. The highest BCUT2D eigenvalue weighted by molar-refractivity contribution is 6.14. The van der Waals surface area contributed by atoms with Crippen LogP contribution in [0.25, 0.3) is 156 Å². The molecule has 0 spiro atoms. The maximum Gasteiger partial charge on any atom is 0.198 e. The van der Waals surface area contributed by atoms with Crippen molar-refractivity contribution in [3.8, 4) is 113 Å². The van der Waals surface area contributed by atoms with Crippen LogP contribution in [0.3, 0.4) is 0 Å². The molecule has 4 aliphatic rings. The van der Waals surface area contributed by atoms with Gasteiger partial charge in [-0.2, -0.15) is 0 Å². The average molecular weight is 1360 g/mol. The van der Waals surface area contributed by atoms with Crippen LogP contribution in [0.1, 0.15) is 22.8 Å². The predicted molar refractivity (Wildman–Crippen MR) is 418 cm³/mol. The fourth-order valence-electron chi connectivity index (χ4n) is 15.3. The van der Waals surface area contributed by atoms with Crippen LogP contribution in [0.2, 0.25) is 0 Å². The normalized spacial score (nSPS) is 12.6. The molecule has 0 saturated heterocycles. The van der Waals surface area contributed by atoms with Gasteiger partial charge in [0.25, 0.3) is 0 Å². The summed E-state index contributed by atoms with van der Waals surface area (Å²) >= 11 is 0. The number of nitrogens with one attached hydrogen (secondary N) is 6. The monoisotopic (exact) mass is 1360 g/mol. The number of H-pyrrole nitrogens is 2. The van der Waals surface area contributed by atoms with Gasteiger partial charge in [0.05, 0.1) is 74.0 Å². The van der Waals surface area contributed by atoms with Crippen molar-refractivity contribution in [1.29, 1.82) is 0 Å². The lowest BCUT2D eigenvalue weighted by atomic mass is 9.91. The van der Waals surface area contributed by atoms with E-state index in [2.05, 4.69) is 153 Å². The van der Waals surface area contributed by atoms with E-state index in [1.54, 1.807) is 28.4 Å². The summed E-state index contributed by atoms with van der Waals surface area (Å²) in [6, 6.07) is 81.4. The summed E-state index contributed by atoms with van der Waals surface area (Å²) in [6.07, 6.45) is 8.26. The van der Waals surface area contributed by atoms with E-state index in [1.165, 1.54) is 0 Å². The predicted octanol–water partition coefficient (Wildman–Crippen LogP) is 21.6. The number of aromatic amines is 2. The Kier molecular flexibility index (Phi) is 14.6. The number of para-hydroxylation sites is 4. The van der Waals surface area contributed by atoms with E-state index in [0.717, 1.165) is 132 Å². The number of benzene rings is 12. The fourth-order valence-corrected chi connectivity index (χ4v) is 15.3. The Balaban J connectivity index is 0.922. The SMILES string of the molecule is COc1c2cc3ccccc3c1-c1c(OC)c(cc3ccccc13)ONc1ccccc1-c1c3nc(c(c4ccc([nH]4)c4c5nc(c(c6ccc1[nH]6)-c1ccccc1NOc1cc6ccccc6c(c1OC)-c1c(OC)c(cc6ccccc16)ONc1ccccc1-4)C=C5)-c1ccccc1NO2)C=C3. The maximum absolute atomic E-state index is 6.97. The first-order chi connectivity index (χ1) is 51.4. The van der Waals surface area contributed by atoms with Gasteiger partial charge in [0.2, 0.25) is 0 Å². The quantitative estimate of drug-likeness (QED) is 0.0980. The van der Waals surface area contributed by atoms with Crippen LogP contribution < -0.4 is 60.2 Å². The number of hydrogen-bond acceptors (Lipinski definition) is 14. The van der Waals surface area contributed by atoms with E-state index in [-0.39, 0.29) is 0 Å². The molecule has 6 N–H and O–H groups in total. The molecule has 4 aliphatic heterocycles. The maximum atomic E-state index is 6.97. The van der Waals surface area contributed by atoms with Gasteiger partial charge in [0, 0.05) is 88.8 Å². The Morgan fingerprint density at radius 1 is 0.250 bits per heavy atom. The van der Waals surface area contributed by atoms with Gasteiger partial charge in [-0.1, -0.05) is 170 Å². The zero-order chi connectivity index (χ0) is 69.5. The molecule has 0 fully saturated rings. The van der Waals surface area contributed by atoms with E-state index in [4.69, 9.17) is 48.3 Å². The third kappa shape index (κ3) is 9.97. The first-order valence-electron chi connectivity index (χ1n) is 34.0. The highest BCUT2D eigenvalue weighted by atomic mass is 16.7. The van der Waals surface area contributed by atoms with Crippen molar-refractivity contribution in [3.05, 3.63) is 265 Å². The Hall–Kier alpha value is -14.1. The number of hydrogen-bond donors (Lipinski definition) is 6. The van der Waals surface area contributed by atoms with Crippen molar-refractivity contribution in [2.24, 2.45) is 0 Å². The largest absolute Gasteiger partial charge is 0.492 e. The van der Waals surface area contributed by atoms with Crippen LogP contribution in [0, 0.1) is 0 Å². The summed E-state index contributed by atoms with van der Waals surface area (Å²) in [5.41, 5.74) is 31.1. The molecule has 20 bridgehead atoms. The van der Waals surface area contributed by atoms with Gasteiger partial charge >= 0.3 is 0 Å². The fraction of sp³-hybridized carbons (Fsp3) is 0.0455. The van der Waals surface area contributed by atoms with Crippen molar-refractivity contribution in [2.45, 2.75) is 0 Å². The third-order valence-electron chi connectivity index (χ3n) is 19.8. The molecule has 12 aromatic carbocycles. The lowest BCUT2D eigenvalue weighted by Crippen LogP contribution is -2.09. The Morgan fingerprint density at radius 2 is 0.471 bits per heavy atom. The molecule has 502 valence electrons.